The Labute approximate surface area is 99.1 Å². The largest absolute Gasteiger partial charge is 0.493 e. The Hall–Kier alpha value is -1.55. The molecule has 0 fully saturated rings. The normalized spacial score (nSPS) is 10.1. The van der Waals surface area contributed by atoms with Gasteiger partial charge in [0.1, 0.15) is 0 Å². The lowest BCUT2D eigenvalue weighted by Crippen LogP contribution is -2.02. The highest BCUT2D eigenvalue weighted by atomic mass is 32.1. The fraction of sp³-hybridized carbons (Fsp3) is 0.250. The number of ether oxygens (including phenoxy) is 1. The third-order valence-corrected chi connectivity index (χ3v) is 3.10. The number of aryl methyl sites for hydroxylation is 1. The van der Waals surface area contributed by atoms with E-state index in [1.54, 1.807) is 18.4 Å². The van der Waals surface area contributed by atoms with Crippen LogP contribution in [0.5, 0.6) is 5.75 Å². The molecule has 0 amide bonds. The van der Waals surface area contributed by atoms with Gasteiger partial charge in [-0.25, -0.2) is 4.98 Å². The maximum absolute atomic E-state index is 5.25. The molecule has 2 aromatic rings. The van der Waals surface area contributed by atoms with Crippen molar-refractivity contribution in [2.24, 2.45) is 0 Å². The van der Waals surface area contributed by atoms with Crippen LogP contribution in [0.4, 0.5) is 5.82 Å². The van der Waals surface area contributed by atoms with Gasteiger partial charge < -0.3 is 10.1 Å². The number of pyridine rings is 1. The van der Waals surface area contributed by atoms with Crippen molar-refractivity contribution in [3.05, 3.63) is 40.2 Å². The summed E-state index contributed by atoms with van der Waals surface area (Å²) in [5.74, 6) is 1.58. The topological polar surface area (TPSA) is 34.1 Å². The van der Waals surface area contributed by atoms with E-state index in [0.717, 1.165) is 23.8 Å². The van der Waals surface area contributed by atoms with Crippen molar-refractivity contribution in [1.82, 2.24) is 4.98 Å². The van der Waals surface area contributed by atoms with E-state index in [0.29, 0.717) is 0 Å². The molecule has 0 bridgehead atoms. The van der Waals surface area contributed by atoms with Crippen molar-refractivity contribution < 1.29 is 4.74 Å². The minimum absolute atomic E-state index is 0.780. The first-order valence-corrected chi connectivity index (χ1v) is 5.95. The quantitative estimate of drug-likeness (QED) is 0.882. The van der Waals surface area contributed by atoms with Gasteiger partial charge >= 0.3 is 0 Å². The third-order valence-electron chi connectivity index (χ3n) is 2.23. The van der Waals surface area contributed by atoms with Gasteiger partial charge in [0.25, 0.3) is 0 Å². The molecule has 0 saturated heterocycles. The second kappa shape index (κ2) is 4.99. The van der Waals surface area contributed by atoms with Gasteiger partial charge in [0.15, 0.2) is 11.6 Å². The third kappa shape index (κ3) is 2.52. The lowest BCUT2D eigenvalue weighted by molar-refractivity contribution is 0.414. The summed E-state index contributed by atoms with van der Waals surface area (Å²) in [4.78, 5) is 5.69. The van der Waals surface area contributed by atoms with Gasteiger partial charge in [-0.05, 0) is 30.5 Å². The molecule has 3 nitrogen and oxygen atoms in total. The Balaban J connectivity index is 2.11. The summed E-state index contributed by atoms with van der Waals surface area (Å²) in [7, 11) is 1.66. The highest BCUT2D eigenvalue weighted by Gasteiger charge is 2.04. The summed E-state index contributed by atoms with van der Waals surface area (Å²) < 4.78 is 5.25. The molecule has 4 heteroatoms. The molecule has 1 N–H and O–H groups in total. The van der Waals surface area contributed by atoms with Gasteiger partial charge in [-0.15, -0.1) is 11.3 Å². The molecule has 0 aliphatic rings. The first-order valence-electron chi connectivity index (χ1n) is 5.07. The molecule has 2 heterocycles. The molecule has 0 atom stereocenters. The second-order valence-electron chi connectivity index (χ2n) is 3.44. The molecule has 0 spiro atoms. The van der Waals surface area contributed by atoms with Crippen molar-refractivity contribution in [3.63, 3.8) is 0 Å². The molecular weight excluding hydrogens is 220 g/mol. The molecule has 0 aliphatic heterocycles. The summed E-state index contributed by atoms with van der Waals surface area (Å²) in [6.07, 6.45) is 0. The summed E-state index contributed by atoms with van der Waals surface area (Å²) >= 11 is 1.73. The fourth-order valence-corrected chi connectivity index (χ4v) is 2.06. The van der Waals surface area contributed by atoms with Gasteiger partial charge in [0.2, 0.25) is 0 Å². The Morgan fingerprint density at radius 3 is 2.94 bits per heavy atom. The van der Waals surface area contributed by atoms with E-state index < -0.39 is 0 Å². The first-order chi connectivity index (χ1) is 7.79. The van der Waals surface area contributed by atoms with Crippen LogP contribution < -0.4 is 10.1 Å². The smallest absolute Gasteiger partial charge is 0.169 e. The SMILES string of the molecule is COc1ccc(C)nc1NCc1cccs1. The van der Waals surface area contributed by atoms with Crippen molar-refractivity contribution >= 4 is 17.2 Å². The molecule has 2 aromatic heterocycles. The van der Waals surface area contributed by atoms with E-state index in [4.69, 9.17) is 4.74 Å². The summed E-state index contributed by atoms with van der Waals surface area (Å²) in [5, 5.41) is 5.35. The number of methoxy groups -OCH3 is 1. The van der Waals surface area contributed by atoms with Crippen molar-refractivity contribution in [2.45, 2.75) is 13.5 Å². The molecule has 0 radical (unpaired) electrons. The van der Waals surface area contributed by atoms with Gasteiger partial charge in [0.05, 0.1) is 13.7 Å². The number of rotatable bonds is 4. The van der Waals surface area contributed by atoms with E-state index in [9.17, 15) is 0 Å². The minimum Gasteiger partial charge on any atom is -0.493 e. The Bertz CT molecular complexity index is 454. The minimum atomic E-state index is 0.780. The number of anilines is 1. The molecule has 0 saturated carbocycles. The zero-order valence-electron chi connectivity index (χ0n) is 9.36. The van der Waals surface area contributed by atoms with Crippen LogP contribution in [0.3, 0.4) is 0 Å². The van der Waals surface area contributed by atoms with Crippen LogP contribution >= 0.6 is 11.3 Å². The van der Waals surface area contributed by atoms with Crippen LogP contribution in [0.25, 0.3) is 0 Å². The maximum Gasteiger partial charge on any atom is 0.169 e. The molecule has 0 aliphatic carbocycles. The van der Waals surface area contributed by atoms with E-state index in [1.807, 2.05) is 25.1 Å². The maximum atomic E-state index is 5.25. The highest BCUT2D eigenvalue weighted by molar-refractivity contribution is 7.09. The molecule has 16 heavy (non-hydrogen) atoms. The summed E-state index contributed by atoms with van der Waals surface area (Å²) in [6.45, 7) is 2.75. The van der Waals surface area contributed by atoms with Crippen LogP contribution in [0.15, 0.2) is 29.6 Å². The van der Waals surface area contributed by atoms with E-state index in [2.05, 4.69) is 21.7 Å². The van der Waals surface area contributed by atoms with Gasteiger partial charge in [-0.3, -0.25) is 0 Å². The average Bonchev–Trinajstić information content (AvgIpc) is 2.79. The predicted molar refractivity (Wildman–Crippen MR) is 67.2 cm³/mol. The van der Waals surface area contributed by atoms with Crippen LogP contribution in [-0.4, -0.2) is 12.1 Å². The van der Waals surface area contributed by atoms with Crippen molar-refractivity contribution in [1.29, 1.82) is 0 Å². The van der Waals surface area contributed by atoms with E-state index in [1.165, 1.54) is 4.88 Å². The monoisotopic (exact) mass is 234 g/mol. The average molecular weight is 234 g/mol. The highest BCUT2D eigenvalue weighted by Crippen LogP contribution is 2.22. The predicted octanol–water partition coefficient (Wildman–Crippen LogP) is 3.07. The number of hydrogen-bond acceptors (Lipinski definition) is 4. The van der Waals surface area contributed by atoms with Gasteiger partial charge in [-0.1, -0.05) is 6.07 Å². The summed E-state index contributed by atoms with van der Waals surface area (Å²) in [5.41, 5.74) is 0.981. The summed E-state index contributed by atoms with van der Waals surface area (Å²) in [6, 6.07) is 8.01. The number of nitrogens with zero attached hydrogens (tertiary/aromatic N) is 1. The zero-order valence-corrected chi connectivity index (χ0v) is 10.2. The van der Waals surface area contributed by atoms with Crippen LogP contribution in [0, 0.1) is 6.92 Å². The van der Waals surface area contributed by atoms with Gasteiger partial charge in [-0.2, -0.15) is 0 Å². The van der Waals surface area contributed by atoms with Gasteiger partial charge in [0, 0.05) is 10.6 Å². The lowest BCUT2D eigenvalue weighted by atomic mass is 10.3. The molecule has 0 unspecified atom stereocenters. The number of aromatic nitrogens is 1. The lowest BCUT2D eigenvalue weighted by Gasteiger charge is -2.09. The molecule has 2 rings (SSSR count). The molecule has 84 valence electrons. The van der Waals surface area contributed by atoms with Crippen LogP contribution in [0.2, 0.25) is 0 Å². The number of nitrogens with one attached hydrogen (secondary N) is 1. The molecular formula is C12H14N2OS. The van der Waals surface area contributed by atoms with E-state index >= 15 is 0 Å². The molecule has 0 aromatic carbocycles. The van der Waals surface area contributed by atoms with E-state index in [-0.39, 0.29) is 0 Å². The van der Waals surface area contributed by atoms with Crippen molar-refractivity contribution in [3.8, 4) is 5.75 Å². The number of hydrogen-bond donors (Lipinski definition) is 1. The Morgan fingerprint density at radius 1 is 1.38 bits per heavy atom. The Kier molecular flexibility index (Phi) is 3.41. The standard InChI is InChI=1S/C12H14N2OS/c1-9-5-6-11(15-2)12(14-9)13-8-10-4-3-7-16-10/h3-7H,8H2,1-2H3,(H,13,14). The first kappa shape index (κ1) is 11.0. The fourth-order valence-electron chi connectivity index (χ4n) is 1.42. The van der Waals surface area contributed by atoms with Crippen LogP contribution in [0.1, 0.15) is 10.6 Å². The zero-order chi connectivity index (χ0) is 11.4. The number of thiophene rings is 1. The van der Waals surface area contributed by atoms with Crippen LogP contribution in [-0.2, 0) is 6.54 Å². The Morgan fingerprint density at radius 2 is 2.25 bits per heavy atom. The van der Waals surface area contributed by atoms with Crippen molar-refractivity contribution in [2.75, 3.05) is 12.4 Å². The second-order valence-corrected chi connectivity index (χ2v) is 4.47.